The number of amides is 1. The Balaban J connectivity index is 2.27. The summed E-state index contributed by atoms with van der Waals surface area (Å²) >= 11 is 0. The van der Waals surface area contributed by atoms with E-state index in [1.54, 1.807) is 0 Å². The Labute approximate surface area is 129 Å². The van der Waals surface area contributed by atoms with Gasteiger partial charge in [-0.15, -0.1) is 0 Å². The molecule has 0 radical (unpaired) electrons. The molecule has 2 N–H and O–H groups in total. The summed E-state index contributed by atoms with van der Waals surface area (Å²) in [6.07, 6.45) is 4.89. The van der Waals surface area contributed by atoms with E-state index in [0.29, 0.717) is 6.10 Å². The third-order valence-electron chi connectivity index (χ3n) is 4.09. The fourth-order valence-electron chi connectivity index (χ4n) is 2.84. The molecular formula is C16H33N3O2. The quantitative estimate of drug-likeness (QED) is 0.690. The lowest BCUT2D eigenvalue weighted by Gasteiger charge is -2.36. The lowest BCUT2D eigenvalue weighted by molar-refractivity contribution is -0.139. The summed E-state index contributed by atoms with van der Waals surface area (Å²) in [6.45, 7) is 7.32. The van der Waals surface area contributed by atoms with Crippen molar-refractivity contribution < 1.29 is 9.53 Å². The highest BCUT2D eigenvalue weighted by Gasteiger charge is 2.33. The molecule has 5 heteroatoms. The van der Waals surface area contributed by atoms with Crippen LogP contribution in [0.15, 0.2) is 0 Å². The minimum atomic E-state index is -0.714. The number of carbonyl (C=O) groups is 1. The largest absolute Gasteiger partial charge is 0.378 e. The molecule has 1 heterocycles. The van der Waals surface area contributed by atoms with Crippen LogP contribution in [-0.4, -0.2) is 67.7 Å². The SMILES string of the molecule is CCCC(C)(N)C(=O)N1CCC(OCCCN(C)C)CC1. The molecule has 5 nitrogen and oxygen atoms in total. The minimum absolute atomic E-state index is 0.0930. The molecule has 0 saturated carbocycles. The molecule has 21 heavy (non-hydrogen) atoms. The third kappa shape index (κ3) is 6.32. The Hall–Kier alpha value is -0.650. The third-order valence-corrected chi connectivity index (χ3v) is 4.09. The van der Waals surface area contributed by atoms with E-state index in [4.69, 9.17) is 10.5 Å². The van der Waals surface area contributed by atoms with E-state index in [-0.39, 0.29) is 5.91 Å². The van der Waals surface area contributed by atoms with Crippen LogP contribution in [0.3, 0.4) is 0 Å². The number of hydrogen-bond donors (Lipinski definition) is 1. The van der Waals surface area contributed by atoms with Gasteiger partial charge in [-0.1, -0.05) is 13.3 Å². The molecule has 1 amide bonds. The Morgan fingerprint density at radius 1 is 1.38 bits per heavy atom. The average Bonchev–Trinajstić information content (AvgIpc) is 2.43. The second kappa shape index (κ2) is 8.71. The second-order valence-corrected chi connectivity index (χ2v) is 6.69. The molecule has 1 unspecified atom stereocenters. The summed E-state index contributed by atoms with van der Waals surface area (Å²) < 4.78 is 5.90. The summed E-state index contributed by atoms with van der Waals surface area (Å²) in [7, 11) is 4.15. The first kappa shape index (κ1) is 18.4. The summed E-state index contributed by atoms with van der Waals surface area (Å²) in [5.41, 5.74) is 5.42. The number of rotatable bonds is 8. The molecule has 0 aromatic rings. The van der Waals surface area contributed by atoms with Gasteiger partial charge in [0.15, 0.2) is 0 Å². The highest BCUT2D eigenvalue weighted by Crippen LogP contribution is 2.19. The predicted molar refractivity (Wildman–Crippen MR) is 86.2 cm³/mol. The lowest BCUT2D eigenvalue weighted by Crippen LogP contribution is -2.55. The zero-order valence-electron chi connectivity index (χ0n) is 14.2. The van der Waals surface area contributed by atoms with Crippen LogP contribution in [-0.2, 0) is 9.53 Å². The van der Waals surface area contributed by atoms with Gasteiger partial charge in [0, 0.05) is 19.7 Å². The van der Waals surface area contributed by atoms with Crippen molar-refractivity contribution in [3.8, 4) is 0 Å². The van der Waals surface area contributed by atoms with Crippen LogP contribution < -0.4 is 5.73 Å². The van der Waals surface area contributed by atoms with Crippen LogP contribution in [0.25, 0.3) is 0 Å². The van der Waals surface area contributed by atoms with Gasteiger partial charge in [-0.05, 0) is 53.2 Å². The smallest absolute Gasteiger partial charge is 0.242 e. The molecule has 0 spiro atoms. The van der Waals surface area contributed by atoms with Crippen LogP contribution in [0.4, 0.5) is 0 Å². The molecule has 1 saturated heterocycles. The van der Waals surface area contributed by atoms with Gasteiger partial charge in [0.25, 0.3) is 0 Å². The lowest BCUT2D eigenvalue weighted by atomic mass is 9.94. The average molecular weight is 299 g/mol. The summed E-state index contributed by atoms with van der Waals surface area (Å²) in [5, 5.41) is 0. The van der Waals surface area contributed by atoms with Crippen LogP contribution in [0.1, 0.15) is 46.0 Å². The fraction of sp³-hybridized carbons (Fsp3) is 0.938. The van der Waals surface area contributed by atoms with Crippen molar-refractivity contribution in [3.63, 3.8) is 0 Å². The van der Waals surface area contributed by atoms with Gasteiger partial charge in [0.1, 0.15) is 0 Å². The van der Waals surface area contributed by atoms with Crippen molar-refractivity contribution >= 4 is 5.91 Å². The molecule has 0 aliphatic carbocycles. The molecule has 1 rings (SSSR count). The molecule has 1 aliphatic rings. The topological polar surface area (TPSA) is 58.8 Å². The normalized spacial score (nSPS) is 19.8. The number of nitrogens with zero attached hydrogens (tertiary/aromatic N) is 2. The maximum Gasteiger partial charge on any atom is 0.242 e. The van der Waals surface area contributed by atoms with Crippen molar-refractivity contribution in [3.05, 3.63) is 0 Å². The van der Waals surface area contributed by atoms with Crippen LogP contribution >= 0.6 is 0 Å². The Morgan fingerprint density at radius 2 is 2.00 bits per heavy atom. The van der Waals surface area contributed by atoms with Gasteiger partial charge in [-0.25, -0.2) is 0 Å². The Bertz CT molecular complexity index is 311. The number of ether oxygens (including phenoxy) is 1. The van der Waals surface area contributed by atoms with E-state index in [1.807, 2.05) is 11.8 Å². The van der Waals surface area contributed by atoms with E-state index in [9.17, 15) is 4.79 Å². The zero-order valence-corrected chi connectivity index (χ0v) is 14.2. The minimum Gasteiger partial charge on any atom is -0.378 e. The zero-order chi connectivity index (χ0) is 15.9. The van der Waals surface area contributed by atoms with E-state index in [0.717, 1.165) is 58.3 Å². The first-order valence-corrected chi connectivity index (χ1v) is 8.21. The van der Waals surface area contributed by atoms with Gasteiger partial charge in [0.05, 0.1) is 11.6 Å². The van der Waals surface area contributed by atoms with Crippen LogP contribution in [0.5, 0.6) is 0 Å². The van der Waals surface area contributed by atoms with E-state index < -0.39 is 5.54 Å². The highest BCUT2D eigenvalue weighted by molar-refractivity contribution is 5.85. The molecule has 0 bridgehead atoms. The van der Waals surface area contributed by atoms with Crippen molar-refractivity contribution in [1.29, 1.82) is 0 Å². The second-order valence-electron chi connectivity index (χ2n) is 6.69. The van der Waals surface area contributed by atoms with E-state index in [1.165, 1.54) is 0 Å². The fourth-order valence-corrected chi connectivity index (χ4v) is 2.84. The number of carbonyl (C=O) groups excluding carboxylic acids is 1. The van der Waals surface area contributed by atoms with Gasteiger partial charge < -0.3 is 20.3 Å². The molecular weight excluding hydrogens is 266 g/mol. The number of hydrogen-bond acceptors (Lipinski definition) is 4. The van der Waals surface area contributed by atoms with Gasteiger partial charge in [-0.3, -0.25) is 4.79 Å². The Morgan fingerprint density at radius 3 is 2.52 bits per heavy atom. The Kier molecular flexibility index (Phi) is 7.63. The van der Waals surface area contributed by atoms with Gasteiger partial charge in [-0.2, -0.15) is 0 Å². The van der Waals surface area contributed by atoms with Gasteiger partial charge in [0.2, 0.25) is 5.91 Å². The molecule has 0 aromatic carbocycles. The van der Waals surface area contributed by atoms with Crippen molar-refractivity contribution in [2.75, 3.05) is 40.3 Å². The summed E-state index contributed by atoms with van der Waals surface area (Å²) in [5.74, 6) is 0.0930. The highest BCUT2D eigenvalue weighted by atomic mass is 16.5. The van der Waals surface area contributed by atoms with Crippen molar-refractivity contribution in [2.45, 2.75) is 57.6 Å². The predicted octanol–water partition coefficient (Wildman–Crippen LogP) is 1.46. The van der Waals surface area contributed by atoms with Crippen LogP contribution in [0.2, 0.25) is 0 Å². The van der Waals surface area contributed by atoms with Gasteiger partial charge >= 0.3 is 0 Å². The molecule has 124 valence electrons. The van der Waals surface area contributed by atoms with Crippen molar-refractivity contribution in [1.82, 2.24) is 9.80 Å². The van der Waals surface area contributed by atoms with Crippen LogP contribution in [0, 0.1) is 0 Å². The first-order valence-electron chi connectivity index (χ1n) is 8.21. The summed E-state index contributed by atoms with van der Waals surface area (Å²) in [4.78, 5) is 16.5. The molecule has 1 fully saturated rings. The number of piperidine rings is 1. The molecule has 1 atom stereocenters. The van der Waals surface area contributed by atoms with E-state index in [2.05, 4.69) is 25.9 Å². The van der Waals surface area contributed by atoms with E-state index >= 15 is 0 Å². The molecule has 0 aromatic heterocycles. The number of likely N-dealkylation sites (tertiary alicyclic amines) is 1. The number of nitrogens with two attached hydrogens (primary N) is 1. The maximum atomic E-state index is 12.4. The standard InChI is InChI=1S/C16H33N3O2/c1-5-9-16(2,17)15(20)19-11-7-14(8-12-19)21-13-6-10-18(3)4/h14H,5-13,17H2,1-4H3. The summed E-state index contributed by atoms with van der Waals surface area (Å²) in [6, 6.07) is 0. The monoisotopic (exact) mass is 299 g/mol. The van der Waals surface area contributed by atoms with Crippen molar-refractivity contribution in [2.24, 2.45) is 5.73 Å². The first-order chi connectivity index (χ1) is 9.86. The molecule has 1 aliphatic heterocycles. The maximum absolute atomic E-state index is 12.4.